The van der Waals surface area contributed by atoms with E-state index in [0.717, 1.165) is 58.1 Å². The number of nitrogens with zero attached hydrogens (tertiary/aromatic N) is 5. The Morgan fingerprint density at radius 2 is 2.03 bits per heavy atom. The van der Waals surface area contributed by atoms with E-state index in [0.29, 0.717) is 5.02 Å². The number of nitrogens with one attached hydrogen (secondary N) is 2. The van der Waals surface area contributed by atoms with Crippen LogP contribution < -0.4 is 10.6 Å². The molecule has 7 nitrogen and oxygen atoms in total. The van der Waals surface area contributed by atoms with Crippen LogP contribution >= 0.6 is 11.6 Å². The summed E-state index contributed by atoms with van der Waals surface area (Å²) in [6.45, 7) is 3.74. The van der Waals surface area contributed by atoms with Gasteiger partial charge in [-0.3, -0.25) is 4.40 Å². The maximum atomic E-state index is 6.62. The molecule has 29 heavy (non-hydrogen) atoms. The minimum Gasteiger partial charge on any atom is -0.371 e. The summed E-state index contributed by atoms with van der Waals surface area (Å²) in [6, 6.07) is 7.95. The third kappa shape index (κ3) is 3.59. The van der Waals surface area contributed by atoms with Gasteiger partial charge in [0.15, 0.2) is 11.5 Å². The smallest absolute Gasteiger partial charge is 0.167 e. The maximum absolute atomic E-state index is 6.62. The van der Waals surface area contributed by atoms with Gasteiger partial charge in [-0.25, -0.2) is 15.0 Å². The van der Waals surface area contributed by atoms with E-state index in [1.165, 1.54) is 0 Å². The van der Waals surface area contributed by atoms with Gasteiger partial charge in [-0.2, -0.15) is 0 Å². The van der Waals surface area contributed by atoms with E-state index in [2.05, 4.69) is 33.5 Å². The molecule has 0 amide bonds. The van der Waals surface area contributed by atoms with E-state index in [9.17, 15) is 0 Å². The van der Waals surface area contributed by atoms with E-state index in [4.69, 9.17) is 21.6 Å². The minimum absolute atomic E-state index is 0.690. The highest BCUT2D eigenvalue weighted by molar-refractivity contribution is 6.34. The number of hydrogen-bond acceptors (Lipinski definition) is 6. The fourth-order valence-corrected chi connectivity index (χ4v) is 3.78. The van der Waals surface area contributed by atoms with Gasteiger partial charge in [-0.15, -0.1) is 0 Å². The summed E-state index contributed by atoms with van der Waals surface area (Å²) in [5, 5.41) is 7.28. The average Bonchev–Trinajstić information content (AvgIpc) is 3.17. The molecular weight excluding hydrogens is 386 g/mol. The largest absolute Gasteiger partial charge is 0.371 e. The summed E-state index contributed by atoms with van der Waals surface area (Å²) >= 11 is 6.62. The van der Waals surface area contributed by atoms with Crippen molar-refractivity contribution in [3.63, 3.8) is 0 Å². The molecule has 0 atom stereocenters. The lowest BCUT2D eigenvalue weighted by Crippen LogP contribution is -2.21. The fraction of sp³-hybridized carbons (Fsp3) is 0.286. The molecule has 3 heterocycles. The van der Waals surface area contributed by atoms with Crippen molar-refractivity contribution < 1.29 is 0 Å². The zero-order chi connectivity index (χ0) is 20.5. The van der Waals surface area contributed by atoms with Crippen LogP contribution in [0.1, 0.15) is 5.56 Å². The quantitative estimate of drug-likeness (QED) is 0.503. The van der Waals surface area contributed by atoms with Crippen LogP contribution in [0.5, 0.6) is 0 Å². The topological polar surface area (TPSA) is 70.4 Å². The number of benzene rings is 1. The first-order valence-electron chi connectivity index (χ1n) is 9.48. The highest BCUT2D eigenvalue weighted by Crippen LogP contribution is 2.37. The molecule has 4 aromatic rings. The number of halogens is 1. The zero-order valence-electron chi connectivity index (χ0n) is 17.0. The third-order valence-electron chi connectivity index (χ3n) is 4.90. The molecule has 0 spiro atoms. The van der Waals surface area contributed by atoms with Crippen LogP contribution in [-0.4, -0.2) is 58.5 Å². The minimum atomic E-state index is 0.690. The Hall–Kier alpha value is -2.90. The normalized spacial score (nSPS) is 11.5. The van der Waals surface area contributed by atoms with E-state index >= 15 is 0 Å². The molecule has 150 valence electrons. The van der Waals surface area contributed by atoms with Crippen LogP contribution in [0.25, 0.3) is 27.8 Å². The maximum Gasteiger partial charge on any atom is 0.167 e. The van der Waals surface area contributed by atoms with Crippen molar-refractivity contribution in [1.82, 2.24) is 24.3 Å². The first-order chi connectivity index (χ1) is 14.0. The first-order valence-corrected chi connectivity index (χ1v) is 9.86. The van der Waals surface area contributed by atoms with Crippen LogP contribution in [0.2, 0.25) is 5.02 Å². The summed E-state index contributed by atoms with van der Waals surface area (Å²) < 4.78 is 1.96. The Morgan fingerprint density at radius 1 is 1.21 bits per heavy atom. The lowest BCUT2D eigenvalue weighted by atomic mass is 10.00. The van der Waals surface area contributed by atoms with Crippen molar-refractivity contribution in [3.8, 4) is 11.1 Å². The van der Waals surface area contributed by atoms with E-state index in [1.807, 2.05) is 43.7 Å². The van der Waals surface area contributed by atoms with Crippen molar-refractivity contribution in [3.05, 3.63) is 47.4 Å². The van der Waals surface area contributed by atoms with E-state index < -0.39 is 0 Å². The van der Waals surface area contributed by atoms with Gasteiger partial charge in [-0.05, 0) is 38.7 Å². The molecule has 0 fully saturated rings. The summed E-state index contributed by atoms with van der Waals surface area (Å²) in [6.07, 6.45) is 3.55. The van der Waals surface area contributed by atoms with E-state index in [-0.39, 0.29) is 0 Å². The lowest BCUT2D eigenvalue weighted by Gasteiger charge is -2.16. The second kappa shape index (κ2) is 7.85. The molecule has 4 rings (SSSR count). The summed E-state index contributed by atoms with van der Waals surface area (Å²) in [7, 11) is 5.95. The van der Waals surface area contributed by atoms with Gasteiger partial charge in [-0.1, -0.05) is 23.7 Å². The van der Waals surface area contributed by atoms with Crippen LogP contribution in [0.3, 0.4) is 0 Å². The lowest BCUT2D eigenvalue weighted by molar-refractivity contribution is 0.425. The monoisotopic (exact) mass is 409 g/mol. The van der Waals surface area contributed by atoms with Crippen molar-refractivity contribution in [2.24, 2.45) is 0 Å². The molecule has 2 N–H and O–H groups in total. The SMILES string of the molecule is CNc1nc2c(-c3c(C)cccc3Cl)cc(NCCN(C)C)nc2n2cncc12. The predicted molar refractivity (Wildman–Crippen MR) is 120 cm³/mol. The van der Waals surface area contributed by atoms with Crippen LogP contribution in [0, 0.1) is 6.92 Å². The number of fused-ring (bicyclic) bond motifs is 3. The van der Waals surface area contributed by atoms with Gasteiger partial charge in [0.1, 0.15) is 23.2 Å². The van der Waals surface area contributed by atoms with Crippen molar-refractivity contribution in [1.29, 1.82) is 0 Å². The molecule has 3 aromatic heterocycles. The second-order valence-electron chi connectivity index (χ2n) is 7.25. The zero-order valence-corrected chi connectivity index (χ0v) is 17.7. The highest BCUT2D eigenvalue weighted by Gasteiger charge is 2.18. The van der Waals surface area contributed by atoms with Gasteiger partial charge >= 0.3 is 0 Å². The third-order valence-corrected chi connectivity index (χ3v) is 5.22. The van der Waals surface area contributed by atoms with Crippen LogP contribution in [0.15, 0.2) is 36.8 Å². The number of aromatic nitrogens is 4. The molecule has 8 heteroatoms. The Kier molecular flexibility index (Phi) is 5.25. The van der Waals surface area contributed by atoms with Crippen molar-refractivity contribution >= 4 is 39.9 Å². The first kappa shape index (κ1) is 19.4. The van der Waals surface area contributed by atoms with Gasteiger partial charge in [0.25, 0.3) is 0 Å². The number of rotatable bonds is 6. The Bertz CT molecular complexity index is 1160. The molecule has 0 unspecified atom stereocenters. The molecule has 0 radical (unpaired) electrons. The predicted octanol–water partition coefficient (Wildman–Crippen LogP) is 3.92. The van der Waals surface area contributed by atoms with Crippen LogP contribution in [-0.2, 0) is 0 Å². The number of hydrogen-bond donors (Lipinski definition) is 2. The molecule has 0 saturated heterocycles. The Morgan fingerprint density at radius 3 is 2.76 bits per heavy atom. The summed E-state index contributed by atoms with van der Waals surface area (Å²) in [5.74, 6) is 1.53. The molecule has 0 saturated carbocycles. The fourth-order valence-electron chi connectivity index (χ4n) is 3.46. The molecule has 0 aliphatic heterocycles. The summed E-state index contributed by atoms with van der Waals surface area (Å²) in [5.41, 5.74) is 5.38. The molecule has 0 bridgehead atoms. The molecular formula is C21H24ClN7. The van der Waals surface area contributed by atoms with Crippen LogP contribution in [0.4, 0.5) is 11.6 Å². The van der Waals surface area contributed by atoms with Crippen molar-refractivity contribution in [2.45, 2.75) is 6.92 Å². The molecule has 0 aliphatic rings. The Labute approximate surface area is 174 Å². The van der Waals surface area contributed by atoms with Gasteiger partial charge in [0.2, 0.25) is 0 Å². The molecule has 0 aliphatic carbocycles. The highest BCUT2D eigenvalue weighted by atomic mass is 35.5. The number of aryl methyl sites for hydroxylation is 1. The average molecular weight is 410 g/mol. The standard InChI is InChI=1S/C21H24ClN7/c1-13-6-5-7-15(22)18(13)14-10-17(25-8-9-28(3)4)26-21-19(14)27-20(23-2)16-11-24-12-29(16)21/h5-7,10-12H,8-9H2,1-4H3,(H,23,27)(H,25,26). The molecule has 1 aromatic carbocycles. The van der Waals surface area contributed by atoms with Gasteiger partial charge < -0.3 is 15.5 Å². The number of pyridine rings is 1. The second-order valence-corrected chi connectivity index (χ2v) is 7.66. The number of anilines is 2. The number of likely N-dealkylation sites (N-methyl/N-ethyl adjacent to an activating group) is 1. The Balaban J connectivity index is 2.01. The number of imidazole rings is 1. The van der Waals surface area contributed by atoms with E-state index in [1.54, 1.807) is 12.5 Å². The van der Waals surface area contributed by atoms with Crippen molar-refractivity contribution in [2.75, 3.05) is 44.9 Å². The van der Waals surface area contributed by atoms with Gasteiger partial charge in [0.05, 0.1) is 6.20 Å². The summed E-state index contributed by atoms with van der Waals surface area (Å²) in [4.78, 5) is 16.2. The van der Waals surface area contributed by atoms with Gasteiger partial charge in [0, 0.05) is 36.3 Å².